The van der Waals surface area contributed by atoms with E-state index in [9.17, 15) is 9.18 Å². The van der Waals surface area contributed by atoms with Crippen molar-refractivity contribution in [3.63, 3.8) is 0 Å². The first-order valence-corrected chi connectivity index (χ1v) is 12.5. The summed E-state index contributed by atoms with van der Waals surface area (Å²) in [5.74, 6) is 0.672. The molecule has 0 atom stereocenters. The van der Waals surface area contributed by atoms with E-state index in [1.807, 2.05) is 24.4 Å². The van der Waals surface area contributed by atoms with Crippen molar-refractivity contribution in [2.24, 2.45) is 5.73 Å². The lowest BCUT2D eigenvalue weighted by molar-refractivity contribution is 0.0996. The Kier molecular flexibility index (Phi) is 5.92. The SMILES string of the molecule is NC(=O)c1nc(Cc2cc(Cl)cc(-c3cnn(-c4ccc(F)cc4)c3)c2)nc2nc(C3CCCC3)[nH]c12. The van der Waals surface area contributed by atoms with E-state index in [1.165, 1.54) is 25.0 Å². The second-order valence-corrected chi connectivity index (χ2v) is 9.77. The monoisotopic (exact) mass is 515 g/mol. The molecule has 1 fully saturated rings. The van der Waals surface area contributed by atoms with Crippen molar-refractivity contribution in [1.29, 1.82) is 0 Å². The van der Waals surface area contributed by atoms with E-state index in [1.54, 1.807) is 23.0 Å². The molecule has 8 nitrogen and oxygen atoms in total. The molecule has 0 radical (unpaired) electrons. The highest BCUT2D eigenvalue weighted by Gasteiger charge is 2.23. The fourth-order valence-electron chi connectivity index (χ4n) is 4.92. The van der Waals surface area contributed by atoms with Crippen LogP contribution in [0.5, 0.6) is 0 Å². The van der Waals surface area contributed by atoms with Crippen LogP contribution < -0.4 is 5.73 Å². The molecule has 3 aromatic heterocycles. The summed E-state index contributed by atoms with van der Waals surface area (Å²) in [6, 6.07) is 11.8. The molecule has 6 rings (SSSR count). The molecule has 0 saturated heterocycles. The fraction of sp³-hybridized carbons (Fsp3) is 0.222. The molecule has 5 aromatic rings. The van der Waals surface area contributed by atoms with Crippen LogP contribution in [0, 0.1) is 5.82 Å². The summed E-state index contributed by atoms with van der Waals surface area (Å²) >= 11 is 6.46. The van der Waals surface area contributed by atoms with Crippen LogP contribution >= 0.6 is 11.6 Å². The van der Waals surface area contributed by atoms with Gasteiger partial charge in [0.2, 0.25) is 0 Å². The fourth-order valence-corrected chi connectivity index (χ4v) is 5.18. The number of H-pyrrole nitrogens is 1. The number of benzene rings is 2. The van der Waals surface area contributed by atoms with Crippen LogP contribution in [0.3, 0.4) is 0 Å². The lowest BCUT2D eigenvalue weighted by Gasteiger charge is -2.07. The summed E-state index contributed by atoms with van der Waals surface area (Å²) in [5.41, 5.74) is 10.0. The van der Waals surface area contributed by atoms with E-state index in [0.29, 0.717) is 34.3 Å². The van der Waals surface area contributed by atoms with Gasteiger partial charge in [0.25, 0.3) is 5.91 Å². The minimum Gasteiger partial charge on any atom is -0.364 e. The standard InChI is InChI=1S/C27H23ClFN7O/c28-19-10-15(9-17(12-19)18-13-31-36(14-18)21-7-5-20(29)6-8-21)11-22-32-23(25(30)37)24-27(33-22)35-26(34-24)16-3-1-2-4-16/h5-10,12-14,16H,1-4,11H2,(H2,30,37)(H,32,33,34,35). The summed E-state index contributed by atoms with van der Waals surface area (Å²) in [6.45, 7) is 0. The van der Waals surface area contributed by atoms with Crippen LogP contribution in [0.25, 0.3) is 28.0 Å². The van der Waals surface area contributed by atoms with Gasteiger partial charge in [0.15, 0.2) is 11.3 Å². The number of nitrogens with zero attached hydrogens (tertiary/aromatic N) is 5. The Balaban J connectivity index is 1.32. The van der Waals surface area contributed by atoms with Crippen molar-refractivity contribution in [3.8, 4) is 16.8 Å². The molecule has 1 amide bonds. The van der Waals surface area contributed by atoms with E-state index in [4.69, 9.17) is 17.3 Å². The molecular formula is C27H23ClFN7O. The number of amides is 1. The molecule has 10 heteroatoms. The van der Waals surface area contributed by atoms with Crippen molar-refractivity contribution in [3.05, 3.63) is 88.6 Å². The first-order valence-electron chi connectivity index (χ1n) is 12.1. The number of rotatable bonds is 6. The highest BCUT2D eigenvalue weighted by Crippen LogP contribution is 2.33. The predicted octanol–water partition coefficient (Wildman–Crippen LogP) is 5.35. The average Bonchev–Trinajstić information content (AvgIpc) is 3.64. The maximum Gasteiger partial charge on any atom is 0.269 e. The van der Waals surface area contributed by atoms with E-state index in [-0.39, 0.29) is 11.5 Å². The van der Waals surface area contributed by atoms with Gasteiger partial charge < -0.3 is 10.7 Å². The van der Waals surface area contributed by atoms with E-state index < -0.39 is 5.91 Å². The lowest BCUT2D eigenvalue weighted by atomic mass is 10.0. The zero-order valence-electron chi connectivity index (χ0n) is 19.8. The van der Waals surface area contributed by atoms with Gasteiger partial charge in [-0.2, -0.15) is 5.10 Å². The van der Waals surface area contributed by atoms with Gasteiger partial charge in [-0.05, 0) is 60.4 Å². The first-order chi connectivity index (χ1) is 17.9. The van der Waals surface area contributed by atoms with Crippen LogP contribution in [-0.2, 0) is 6.42 Å². The number of hydrogen-bond donors (Lipinski definition) is 2. The molecule has 1 aliphatic carbocycles. The van der Waals surface area contributed by atoms with E-state index in [0.717, 1.165) is 41.0 Å². The molecule has 1 aliphatic rings. The van der Waals surface area contributed by atoms with Gasteiger partial charge in [-0.15, -0.1) is 0 Å². The molecular weight excluding hydrogens is 493 g/mol. The predicted molar refractivity (Wildman–Crippen MR) is 138 cm³/mol. The van der Waals surface area contributed by atoms with Gasteiger partial charge in [0.05, 0.1) is 11.9 Å². The minimum atomic E-state index is -0.629. The Morgan fingerprint density at radius 1 is 1.08 bits per heavy atom. The van der Waals surface area contributed by atoms with Gasteiger partial charge >= 0.3 is 0 Å². The molecule has 1 saturated carbocycles. The number of nitrogens with one attached hydrogen (secondary N) is 1. The van der Waals surface area contributed by atoms with Crippen molar-refractivity contribution in [1.82, 2.24) is 29.7 Å². The smallest absolute Gasteiger partial charge is 0.269 e. The third-order valence-electron chi connectivity index (χ3n) is 6.72. The van der Waals surface area contributed by atoms with Crippen molar-refractivity contribution < 1.29 is 9.18 Å². The number of aromatic amines is 1. The molecule has 2 aromatic carbocycles. The van der Waals surface area contributed by atoms with Crippen molar-refractivity contribution in [2.45, 2.75) is 38.0 Å². The van der Waals surface area contributed by atoms with Crippen LogP contribution in [-0.4, -0.2) is 35.6 Å². The number of halogens is 2. The summed E-state index contributed by atoms with van der Waals surface area (Å²) in [6.07, 6.45) is 8.37. The molecule has 186 valence electrons. The second-order valence-electron chi connectivity index (χ2n) is 9.33. The zero-order chi connectivity index (χ0) is 25.5. The minimum absolute atomic E-state index is 0.138. The number of fused-ring (bicyclic) bond motifs is 1. The highest BCUT2D eigenvalue weighted by atomic mass is 35.5. The van der Waals surface area contributed by atoms with Gasteiger partial charge in [-0.3, -0.25) is 4.79 Å². The Morgan fingerprint density at radius 2 is 1.86 bits per heavy atom. The third-order valence-corrected chi connectivity index (χ3v) is 6.94. The molecule has 0 unspecified atom stereocenters. The number of hydrogen-bond acceptors (Lipinski definition) is 5. The molecule has 0 bridgehead atoms. The van der Waals surface area contributed by atoms with Crippen LogP contribution in [0.2, 0.25) is 5.02 Å². The summed E-state index contributed by atoms with van der Waals surface area (Å²) in [5, 5.41) is 4.94. The van der Waals surface area contributed by atoms with Crippen molar-refractivity contribution in [2.75, 3.05) is 0 Å². The number of carbonyl (C=O) groups excluding carboxylic acids is 1. The normalized spacial score (nSPS) is 14.0. The van der Waals surface area contributed by atoms with E-state index in [2.05, 4.69) is 25.0 Å². The number of aromatic nitrogens is 6. The molecule has 3 heterocycles. The van der Waals surface area contributed by atoms with Gasteiger partial charge in [0.1, 0.15) is 23.0 Å². The Morgan fingerprint density at radius 3 is 2.62 bits per heavy atom. The molecule has 3 N–H and O–H groups in total. The summed E-state index contributed by atoms with van der Waals surface area (Å²) < 4.78 is 15.0. The Bertz CT molecular complexity index is 1620. The first kappa shape index (κ1) is 23.3. The van der Waals surface area contributed by atoms with Crippen LogP contribution in [0.1, 0.15) is 59.3 Å². The summed E-state index contributed by atoms with van der Waals surface area (Å²) in [7, 11) is 0. The number of nitrogens with two attached hydrogens (primary N) is 1. The van der Waals surface area contributed by atoms with Crippen molar-refractivity contribution >= 4 is 28.7 Å². The zero-order valence-corrected chi connectivity index (χ0v) is 20.5. The van der Waals surface area contributed by atoms with Crippen LogP contribution in [0.4, 0.5) is 4.39 Å². The van der Waals surface area contributed by atoms with Gasteiger partial charge in [-0.1, -0.05) is 30.5 Å². The Labute approximate surface area is 216 Å². The maximum atomic E-state index is 13.3. The maximum absolute atomic E-state index is 13.3. The average molecular weight is 516 g/mol. The van der Waals surface area contributed by atoms with E-state index >= 15 is 0 Å². The second kappa shape index (κ2) is 9.40. The molecule has 0 aliphatic heterocycles. The summed E-state index contributed by atoms with van der Waals surface area (Å²) in [4.78, 5) is 29.3. The lowest BCUT2D eigenvalue weighted by Crippen LogP contribution is -2.16. The Hall–Kier alpha value is -4.11. The van der Waals surface area contributed by atoms with Crippen LogP contribution in [0.15, 0.2) is 54.9 Å². The topological polar surface area (TPSA) is 115 Å². The number of primary amides is 1. The third kappa shape index (κ3) is 4.70. The molecule has 37 heavy (non-hydrogen) atoms. The largest absolute Gasteiger partial charge is 0.364 e. The number of imidazole rings is 1. The number of carbonyl (C=O) groups is 1. The highest BCUT2D eigenvalue weighted by molar-refractivity contribution is 6.31. The van der Waals surface area contributed by atoms with Gasteiger partial charge in [0, 0.05) is 29.1 Å². The van der Waals surface area contributed by atoms with Gasteiger partial charge in [-0.25, -0.2) is 24.0 Å². The quantitative estimate of drug-likeness (QED) is 0.316. The molecule has 0 spiro atoms.